The number of hydrogen-bond acceptors (Lipinski definition) is 5. The van der Waals surface area contributed by atoms with Gasteiger partial charge in [-0.05, 0) is 60.2 Å². The Balaban J connectivity index is 1.27. The van der Waals surface area contributed by atoms with Crippen LogP contribution in [0.1, 0.15) is 45.1 Å². The molecule has 0 unspecified atom stereocenters. The zero-order valence-corrected chi connectivity index (χ0v) is 19.3. The van der Waals surface area contributed by atoms with E-state index >= 15 is 0 Å². The second-order valence-corrected chi connectivity index (χ2v) is 9.81. The highest BCUT2D eigenvalue weighted by Gasteiger charge is 2.30. The number of carbonyl (C=O) groups excluding carboxylic acids is 3. The van der Waals surface area contributed by atoms with E-state index in [-0.39, 0.29) is 18.7 Å². The van der Waals surface area contributed by atoms with E-state index in [1.54, 1.807) is 0 Å². The van der Waals surface area contributed by atoms with Crippen molar-refractivity contribution in [2.45, 2.75) is 46.1 Å². The summed E-state index contributed by atoms with van der Waals surface area (Å²) in [4.78, 5) is 37.6. The molecule has 4 rings (SSSR count). The molecule has 2 aromatic carbocycles. The van der Waals surface area contributed by atoms with Crippen LogP contribution in [0.15, 0.2) is 48.5 Å². The summed E-state index contributed by atoms with van der Waals surface area (Å²) in [5.41, 5.74) is 4.64. The van der Waals surface area contributed by atoms with Crippen LogP contribution in [0.25, 0.3) is 0 Å². The zero-order chi connectivity index (χ0) is 23.4. The van der Waals surface area contributed by atoms with Gasteiger partial charge in [0.1, 0.15) is 0 Å². The molecular formula is C26H32N4O3. The molecule has 2 saturated heterocycles. The maximum Gasteiger partial charge on any atom is 0.227 e. The molecule has 2 aromatic rings. The van der Waals surface area contributed by atoms with E-state index in [2.05, 4.69) is 59.0 Å². The van der Waals surface area contributed by atoms with E-state index in [0.717, 1.165) is 30.0 Å². The van der Waals surface area contributed by atoms with Gasteiger partial charge in [0.2, 0.25) is 17.7 Å². The van der Waals surface area contributed by atoms with Crippen molar-refractivity contribution in [3.63, 3.8) is 0 Å². The van der Waals surface area contributed by atoms with Crippen molar-refractivity contribution >= 4 is 34.8 Å². The maximum absolute atomic E-state index is 12.3. The molecule has 0 atom stereocenters. The van der Waals surface area contributed by atoms with Gasteiger partial charge in [-0.2, -0.15) is 0 Å². The molecule has 33 heavy (non-hydrogen) atoms. The van der Waals surface area contributed by atoms with Crippen molar-refractivity contribution in [3.8, 4) is 0 Å². The molecule has 7 nitrogen and oxygen atoms in total. The summed E-state index contributed by atoms with van der Waals surface area (Å²) in [6, 6.07) is 16.4. The van der Waals surface area contributed by atoms with Crippen molar-refractivity contribution in [1.29, 1.82) is 0 Å². The first-order chi connectivity index (χ1) is 15.8. The van der Waals surface area contributed by atoms with Crippen molar-refractivity contribution in [2.75, 3.05) is 23.3 Å². The molecule has 7 heteroatoms. The molecule has 2 aliphatic rings. The maximum atomic E-state index is 12.3. The van der Waals surface area contributed by atoms with E-state index in [0.29, 0.717) is 12.0 Å². The number of hydrogen-bond donors (Lipinski definition) is 3. The van der Waals surface area contributed by atoms with Crippen LogP contribution < -0.4 is 20.9 Å². The highest BCUT2D eigenvalue weighted by atomic mass is 16.2. The number of piperidine rings is 2. The largest absolute Gasteiger partial charge is 0.371 e. The van der Waals surface area contributed by atoms with Gasteiger partial charge in [-0.25, -0.2) is 0 Å². The van der Waals surface area contributed by atoms with Crippen LogP contribution in [0.2, 0.25) is 0 Å². The lowest BCUT2D eigenvalue weighted by molar-refractivity contribution is -0.140. The van der Waals surface area contributed by atoms with Gasteiger partial charge in [0.05, 0.1) is 5.92 Å². The van der Waals surface area contributed by atoms with Gasteiger partial charge in [0, 0.05) is 49.5 Å². The minimum Gasteiger partial charge on any atom is -0.371 e. The average Bonchev–Trinajstić information content (AvgIpc) is 2.78. The standard InChI is InChI=1S/C26H32N4O3/c1-26(2)11-13-30(14-12-26)22-9-7-21(8-10-22)28-20-5-3-18(4-6-20)17-27-25(33)19-15-23(31)29-24(32)16-19/h3-10,19,28H,11-17H2,1-2H3,(H,27,33)(H,29,31,32). The van der Waals surface area contributed by atoms with Crippen LogP contribution in [0.5, 0.6) is 0 Å². The van der Waals surface area contributed by atoms with E-state index in [1.807, 2.05) is 24.3 Å². The monoisotopic (exact) mass is 448 g/mol. The first-order valence-corrected chi connectivity index (χ1v) is 11.6. The normalized spacial score (nSPS) is 18.5. The molecule has 2 fully saturated rings. The summed E-state index contributed by atoms with van der Waals surface area (Å²) in [7, 11) is 0. The lowest BCUT2D eigenvalue weighted by Gasteiger charge is -2.38. The Labute approximate surface area is 194 Å². The fourth-order valence-corrected chi connectivity index (χ4v) is 4.29. The summed E-state index contributed by atoms with van der Waals surface area (Å²) >= 11 is 0. The summed E-state index contributed by atoms with van der Waals surface area (Å²) < 4.78 is 0. The quantitative estimate of drug-likeness (QED) is 0.586. The number of benzene rings is 2. The number of nitrogens with one attached hydrogen (secondary N) is 3. The van der Waals surface area contributed by atoms with E-state index in [9.17, 15) is 14.4 Å². The minimum absolute atomic E-state index is 0.0506. The van der Waals surface area contributed by atoms with Crippen LogP contribution in [-0.4, -0.2) is 30.8 Å². The van der Waals surface area contributed by atoms with Crippen LogP contribution in [0.4, 0.5) is 17.1 Å². The molecular weight excluding hydrogens is 416 g/mol. The first-order valence-electron chi connectivity index (χ1n) is 11.6. The Bertz CT molecular complexity index is 989. The lowest BCUT2D eigenvalue weighted by Crippen LogP contribution is -2.44. The number of imide groups is 1. The molecule has 3 N–H and O–H groups in total. The Morgan fingerprint density at radius 2 is 1.48 bits per heavy atom. The molecule has 0 aromatic heterocycles. The molecule has 174 valence electrons. The van der Waals surface area contributed by atoms with Gasteiger partial charge < -0.3 is 15.5 Å². The van der Waals surface area contributed by atoms with E-state index in [4.69, 9.17) is 0 Å². The number of nitrogens with zero attached hydrogens (tertiary/aromatic N) is 1. The molecule has 0 saturated carbocycles. The Morgan fingerprint density at radius 3 is 2.06 bits per heavy atom. The first kappa shape index (κ1) is 22.8. The predicted molar refractivity (Wildman–Crippen MR) is 129 cm³/mol. The number of anilines is 3. The van der Waals surface area contributed by atoms with Crippen molar-refractivity contribution in [3.05, 3.63) is 54.1 Å². The number of carbonyl (C=O) groups is 3. The van der Waals surface area contributed by atoms with Crippen molar-refractivity contribution in [1.82, 2.24) is 10.6 Å². The van der Waals surface area contributed by atoms with Crippen LogP contribution in [0.3, 0.4) is 0 Å². The van der Waals surface area contributed by atoms with Gasteiger partial charge in [0.15, 0.2) is 0 Å². The topological polar surface area (TPSA) is 90.5 Å². The highest BCUT2D eigenvalue weighted by molar-refractivity contribution is 6.02. The Hall–Kier alpha value is -3.35. The fraction of sp³-hybridized carbons (Fsp3) is 0.423. The Kier molecular flexibility index (Phi) is 6.67. The summed E-state index contributed by atoms with van der Waals surface area (Å²) in [6.45, 7) is 7.24. The third-order valence-corrected chi connectivity index (χ3v) is 6.57. The summed E-state index contributed by atoms with van der Waals surface area (Å²) in [6.07, 6.45) is 2.53. The minimum atomic E-state index is -0.591. The van der Waals surface area contributed by atoms with Gasteiger partial charge in [-0.15, -0.1) is 0 Å². The Morgan fingerprint density at radius 1 is 0.939 bits per heavy atom. The molecule has 3 amide bonds. The molecule has 2 aliphatic heterocycles. The molecule has 0 bridgehead atoms. The van der Waals surface area contributed by atoms with Gasteiger partial charge in [-0.1, -0.05) is 26.0 Å². The van der Waals surface area contributed by atoms with Crippen molar-refractivity contribution < 1.29 is 14.4 Å². The van der Waals surface area contributed by atoms with Crippen LogP contribution in [0, 0.1) is 11.3 Å². The van der Waals surface area contributed by atoms with Gasteiger partial charge >= 0.3 is 0 Å². The number of amides is 3. The second-order valence-electron chi connectivity index (χ2n) is 9.81. The highest BCUT2D eigenvalue weighted by Crippen LogP contribution is 2.32. The van der Waals surface area contributed by atoms with Crippen LogP contribution in [-0.2, 0) is 20.9 Å². The summed E-state index contributed by atoms with van der Waals surface area (Å²) in [5, 5.41) is 8.46. The predicted octanol–water partition coefficient (Wildman–Crippen LogP) is 3.73. The van der Waals surface area contributed by atoms with Crippen LogP contribution >= 0.6 is 0 Å². The zero-order valence-electron chi connectivity index (χ0n) is 19.3. The van der Waals surface area contributed by atoms with Gasteiger partial charge in [-0.3, -0.25) is 19.7 Å². The smallest absolute Gasteiger partial charge is 0.227 e. The van der Waals surface area contributed by atoms with Gasteiger partial charge in [0.25, 0.3) is 0 Å². The average molecular weight is 449 g/mol. The summed E-state index contributed by atoms with van der Waals surface area (Å²) in [5.74, 6) is -1.64. The number of rotatable bonds is 6. The third-order valence-electron chi connectivity index (χ3n) is 6.57. The fourth-order valence-electron chi connectivity index (χ4n) is 4.29. The SMILES string of the molecule is CC1(C)CCN(c2ccc(Nc3ccc(CNC(=O)C4CC(=O)NC(=O)C4)cc3)cc2)CC1. The van der Waals surface area contributed by atoms with Crippen molar-refractivity contribution in [2.24, 2.45) is 11.3 Å². The molecule has 0 aliphatic carbocycles. The lowest BCUT2D eigenvalue weighted by atomic mass is 9.82. The second kappa shape index (κ2) is 9.65. The molecule has 0 radical (unpaired) electrons. The van der Waals surface area contributed by atoms with E-state index in [1.165, 1.54) is 18.5 Å². The third kappa shape index (κ3) is 6.12. The molecule has 0 spiro atoms. The molecule has 2 heterocycles. The van der Waals surface area contributed by atoms with E-state index < -0.39 is 17.7 Å².